The molecule has 3 unspecified atom stereocenters. The van der Waals surface area contributed by atoms with Crippen molar-refractivity contribution in [2.24, 2.45) is 40.4 Å². The van der Waals surface area contributed by atoms with E-state index in [4.69, 9.17) is 4.74 Å². The SMILES string of the molecule is COC(=O)CC1CC[C@H]2[C@@H](C(=O)C[C@H]3C(C)(C)C(O)CC[C@]23C)C1C. The second kappa shape index (κ2) is 6.37. The first-order valence-electron chi connectivity index (χ1n) is 9.90. The molecule has 3 fully saturated rings. The molecule has 3 aliphatic carbocycles. The lowest BCUT2D eigenvalue weighted by atomic mass is 9.42. The molecule has 0 aliphatic heterocycles. The minimum Gasteiger partial charge on any atom is -0.469 e. The van der Waals surface area contributed by atoms with E-state index in [-0.39, 0.29) is 46.6 Å². The number of aliphatic hydroxyl groups is 1. The monoisotopic (exact) mass is 350 g/mol. The number of esters is 1. The molecule has 4 nitrogen and oxygen atoms in total. The molecule has 0 bridgehead atoms. The third kappa shape index (κ3) is 2.85. The van der Waals surface area contributed by atoms with Gasteiger partial charge in [0.25, 0.3) is 0 Å². The summed E-state index contributed by atoms with van der Waals surface area (Å²) in [7, 11) is 1.44. The van der Waals surface area contributed by atoms with Crippen LogP contribution in [-0.4, -0.2) is 30.1 Å². The Kier molecular flexibility index (Phi) is 4.81. The zero-order chi connectivity index (χ0) is 18.6. The van der Waals surface area contributed by atoms with Gasteiger partial charge < -0.3 is 9.84 Å². The number of ether oxygens (including phenoxy) is 1. The molecule has 0 spiro atoms. The van der Waals surface area contributed by atoms with Gasteiger partial charge in [0.15, 0.2) is 0 Å². The zero-order valence-electron chi connectivity index (χ0n) is 16.4. The number of hydrogen-bond acceptors (Lipinski definition) is 4. The lowest BCUT2D eigenvalue weighted by molar-refractivity contribution is -0.179. The molecule has 0 radical (unpaired) electrons. The van der Waals surface area contributed by atoms with Crippen LogP contribution in [0.15, 0.2) is 0 Å². The average Bonchev–Trinajstić information content (AvgIpc) is 2.56. The first kappa shape index (κ1) is 18.9. The van der Waals surface area contributed by atoms with E-state index in [1.54, 1.807) is 0 Å². The van der Waals surface area contributed by atoms with Crippen molar-refractivity contribution in [1.82, 2.24) is 0 Å². The van der Waals surface area contributed by atoms with Crippen LogP contribution in [0.5, 0.6) is 0 Å². The summed E-state index contributed by atoms with van der Waals surface area (Å²) in [5.41, 5.74) is -0.0917. The topological polar surface area (TPSA) is 63.6 Å². The Labute approximate surface area is 151 Å². The van der Waals surface area contributed by atoms with Gasteiger partial charge in [-0.25, -0.2) is 0 Å². The summed E-state index contributed by atoms with van der Waals surface area (Å²) in [6.45, 7) is 8.80. The van der Waals surface area contributed by atoms with Gasteiger partial charge in [0.05, 0.1) is 13.2 Å². The first-order valence-corrected chi connectivity index (χ1v) is 9.90. The summed E-state index contributed by atoms with van der Waals surface area (Å²) in [6.07, 6.45) is 4.54. The smallest absolute Gasteiger partial charge is 0.305 e. The number of methoxy groups -OCH3 is 1. The van der Waals surface area contributed by atoms with Gasteiger partial charge >= 0.3 is 5.97 Å². The van der Waals surface area contributed by atoms with Crippen LogP contribution in [0.25, 0.3) is 0 Å². The summed E-state index contributed by atoms with van der Waals surface area (Å²) < 4.78 is 4.86. The van der Waals surface area contributed by atoms with Gasteiger partial charge in [-0.2, -0.15) is 0 Å². The van der Waals surface area contributed by atoms with E-state index in [0.717, 1.165) is 25.7 Å². The maximum atomic E-state index is 13.1. The van der Waals surface area contributed by atoms with E-state index in [1.807, 2.05) is 0 Å². The molecule has 3 saturated carbocycles. The lowest BCUT2D eigenvalue weighted by Crippen LogP contribution is -2.60. The third-order valence-corrected chi connectivity index (χ3v) is 8.38. The van der Waals surface area contributed by atoms with Crippen LogP contribution in [0.2, 0.25) is 0 Å². The van der Waals surface area contributed by atoms with Gasteiger partial charge in [0.2, 0.25) is 0 Å². The summed E-state index contributed by atoms with van der Waals surface area (Å²) in [5, 5.41) is 10.5. The third-order valence-electron chi connectivity index (χ3n) is 8.38. The molecule has 0 aromatic carbocycles. The van der Waals surface area contributed by atoms with E-state index in [0.29, 0.717) is 24.5 Å². The molecule has 4 heteroatoms. The highest BCUT2D eigenvalue weighted by molar-refractivity contribution is 5.83. The Hall–Kier alpha value is -0.900. The number of aliphatic hydroxyl groups excluding tert-OH is 1. The molecule has 3 aliphatic rings. The highest BCUT2D eigenvalue weighted by Crippen LogP contribution is 2.64. The van der Waals surface area contributed by atoms with Crippen LogP contribution in [0.3, 0.4) is 0 Å². The number of fused-ring (bicyclic) bond motifs is 3. The van der Waals surface area contributed by atoms with Crippen LogP contribution in [-0.2, 0) is 14.3 Å². The van der Waals surface area contributed by atoms with Crippen molar-refractivity contribution in [2.45, 2.75) is 72.3 Å². The van der Waals surface area contributed by atoms with Gasteiger partial charge in [0.1, 0.15) is 5.78 Å². The van der Waals surface area contributed by atoms with Gasteiger partial charge in [-0.15, -0.1) is 0 Å². The van der Waals surface area contributed by atoms with Gasteiger partial charge in [-0.05, 0) is 60.2 Å². The fourth-order valence-corrected chi connectivity index (χ4v) is 6.69. The summed E-state index contributed by atoms with van der Waals surface area (Å²) >= 11 is 0. The minimum atomic E-state index is -0.317. The van der Waals surface area contributed by atoms with E-state index < -0.39 is 0 Å². The first-order chi connectivity index (χ1) is 11.6. The molecule has 3 rings (SSSR count). The van der Waals surface area contributed by atoms with Crippen molar-refractivity contribution in [3.63, 3.8) is 0 Å². The molecule has 0 aromatic heterocycles. The molecular weight excluding hydrogens is 316 g/mol. The summed E-state index contributed by atoms with van der Waals surface area (Å²) in [4.78, 5) is 24.9. The molecule has 25 heavy (non-hydrogen) atoms. The number of Topliss-reactive ketones (excluding diaryl/α,β-unsaturated/α-hetero) is 1. The zero-order valence-corrected chi connectivity index (χ0v) is 16.4. The maximum Gasteiger partial charge on any atom is 0.305 e. The van der Waals surface area contributed by atoms with Crippen LogP contribution < -0.4 is 0 Å². The number of carbonyl (C=O) groups is 2. The second-order valence-corrected chi connectivity index (χ2v) is 9.71. The van der Waals surface area contributed by atoms with Crippen molar-refractivity contribution >= 4 is 11.8 Å². The molecule has 0 amide bonds. The maximum absolute atomic E-state index is 13.1. The normalized spacial score (nSPS) is 46.1. The van der Waals surface area contributed by atoms with Gasteiger partial charge in [-0.3, -0.25) is 9.59 Å². The molecule has 7 atom stereocenters. The molecule has 0 aromatic rings. The fraction of sp³-hybridized carbons (Fsp3) is 0.905. The van der Waals surface area contributed by atoms with Gasteiger partial charge in [-0.1, -0.05) is 27.7 Å². The standard InChI is InChI=1S/C21H34O4/c1-12-13(10-18(24)25-5)6-7-14-19(12)15(22)11-16-20(2,3)17(23)8-9-21(14,16)4/h12-14,16-17,19,23H,6-11H2,1-5H3/t12?,13?,14-,16-,17?,19-,21+/m0/s1. The molecule has 0 heterocycles. The second-order valence-electron chi connectivity index (χ2n) is 9.71. The van der Waals surface area contributed by atoms with Crippen molar-refractivity contribution in [1.29, 1.82) is 0 Å². The van der Waals surface area contributed by atoms with Crippen molar-refractivity contribution in [3.8, 4) is 0 Å². The Morgan fingerprint density at radius 3 is 2.56 bits per heavy atom. The lowest BCUT2D eigenvalue weighted by Gasteiger charge is -2.62. The van der Waals surface area contributed by atoms with E-state index in [9.17, 15) is 14.7 Å². The van der Waals surface area contributed by atoms with Crippen LogP contribution >= 0.6 is 0 Å². The fourth-order valence-electron chi connectivity index (χ4n) is 6.69. The number of hydrogen-bond donors (Lipinski definition) is 1. The Balaban J connectivity index is 1.88. The van der Waals surface area contributed by atoms with E-state index >= 15 is 0 Å². The number of ketones is 1. The molecule has 0 saturated heterocycles. The Morgan fingerprint density at radius 1 is 1.24 bits per heavy atom. The highest BCUT2D eigenvalue weighted by atomic mass is 16.5. The average molecular weight is 350 g/mol. The van der Waals surface area contributed by atoms with E-state index in [2.05, 4.69) is 27.7 Å². The van der Waals surface area contributed by atoms with Crippen LogP contribution in [0.4, 0.5) is 0 Å². The largest absolute Gasteiger partial charge is 0.469 e. The van der Waals surface area contributed by atoms with Crippen molar-refractivity contribution in [2.75, 3.05) is 7.11 Å². The Bertz CT molecular complexity index is 554. The van der Waals surface area contributed by atoms with Gasteiger partial charge in [0, 0.05) is 18.8 Å². The highest BCUT2D eigenvalue weighted by Gasteiger charge is 2.61. The van der Waals surface area contributed by atoms with Crippen molar-refractivity contribution in [3.05, 3.63) is 0 Å². The Morgan fingerprint density at radius 2 is 1.92 bits per heavy atom. The predicted molar refractivity (Wildman–Crippen MR) is 95.7 cm³/mol. The quantitative estimate of drug-likeness (QED) is 0.773. The van der Waals surface area contributed by atoms with Crippen LogP contribution in [0.1, 0.15) is 66.2 Å². The molecule has 142 valence electrons. The number of carbonyl (C=O) groups excluding carboxylic acids is 2. The van der Waals surface area contributed by atoms with Crippen molar-refractivity contribution < 1.29 is 19.4 Å². The predicted octanol–water partition coefficient (Wildman–Crippen LogP) is 3.60. The van der Waals surface area contributed by atoms with E-state index in [1.165, 1.54) is 7.11 Å². The molecule has 1 N–H and O–H groups in total. The summed E-state index contributed by atoms with van der Waals surface area (Å²) in [5.74, 6) is 1.38. The number of rotatable bonds is 2. The summed E-state index contributed by atoms with van der Waals surface area (Å²) in [6, 6.07) is 0. The molecular formula is C21H34O4. The van der Waals surface area contributed by atoms with Crippen LogP contribution in [0, 0.1) is 40.4 Å². The minimum absolute atomic E-state index is 0.0655.